The van der Waals surface area contributed by atoms with Crippen molar-refractivity contribution in [1.82, 2.24) is 15.1 Å². The zero-order valence-corrected chi connectivity index (χ0v) is 27.1. The van der Waals surface area contributed by atoms with E-state index in [9.17, 15) is 48.7 Å². The van der Waals surface area contributed by atoms with Gasteiger partial charge in [-0.05, 0) is 44.3 Å². The van der Waals surface area contributed by atoms with Crippen LogP contribution in [0.25, 0.3) is 11.1 Å². The van der Waals surface area contributed by atoms with E-state index < -0.39 is 54.2 Å². The van der Waals surface area contributed by atoms with Gasteiger partial charge in [-0.3, -0.25) is 9.89 Å². The van der Waals surface area contributed by atoms with Crippen molar-refractivity contribution in [3.8, 4) is 16.9 Å². The van der Waals surface area contributed by atoms with Crippen LogP contribution in [0.15, 0.2) is 48.8 Å². The molecule has 1 atom stereocenters. The molecule has 0 fully saturated rings. The number of alkyl halides is 9. The molecule has 0 aliphatic heterocycles. The molecule has 1 amide bonds. The first kappa shape index (κ1) is 46.8. The molecule has 1 unspecified atom stereocenters. The van der Waals surface area contributed by atoms with Gasteiger partial charge < -0.3 is 36.0 Å². The molecule has 0 aliphatic carbocycles. The number of aliphatic carboxylic acids is 3. The summed E-state index contributed by atoms with van der Waals surface area (Å²) < 4.78 is 116. The number of nitrogens with zero attached hydrogens (tertiary/aromatic N) is 2. The first-order valence-electron chi connectivity index (χ1n) is 13.5. The maximum absolute atomic E-state index is 14.8. The van der Waals surface area contributed by atoms with E-state index in [1.54, 1.807) is 36.5 Å². The summed E-state index contributed by atoms with van der Waals surface area (Å²) in [7, 11) is 3.94. The summed E-state index contributed by atoms with van der Waals surface area (Å²) in [6.45, 7) is 1.24. The molecule has 3 rings (SSSR count). The molecule has 0 bridgehead atoms. The van der Waals surface area contributed by atoms with Crippen LogP contribution in [-0.4, -0.2) is 100 Å². The quantitative estimate of drug-likeness (QED) is 0.114. The Labute approximate surface area is 290 Å². The lowest BCUT2D eigenvalue weighted by Gasteiger charge is -2.18. The molecule has 0 saturated carbocycles. The number of nitrogens with one attached hydrogen (secondary N) is 2. The van der Waals surface area contributed by atoms with Crippen molar-refractivity contribution in [3.63, 3.8) is 0 Å². The van der Waals surface area contributed by atoms with Crippen molar-refractivity contribution < 1.29 is 83.1 Å². The summed E-state index contributed by atoms with van der Waals surface area (Å²) in [6, 6.07) is 8.50. The van der Waals surface area contributed by atoms with Gasteiger partial charge in [-0.2, -0.15) is 44.6 Å². The number of H-pyrrole nitrogens is 1. The Hall–Kier alpha value is -5.16. The lowest BCUT2D eigenvalue weighted by atomic mass is 10.1. The molecular formula is C28H28ClF10N5O8. The van der Waals surface area contributed by atoms with Crippen LogP contribution < -0.4 is 15.8 Å². The monoisotopic (exact) mass is 787 g/mol. The number of ether oxygens (including phenoxy) is 1. The topological polar surface area (TPSA) is 208 Å². The number of halogens is 11. The van der Waals surface area contributed by atoms with Gasteiger partial charge in [-0.15, -0.1) is 0 Å². The van der Waals surface area contributed by atoms with Crippen LogP contribution in [0.2, 0.25) is 5.02 Å². The molecule has 52 heavy (non-hydrogen) atoms. The van der Waals surface area contributed by atoms with E-state index in [-0.39, 0.29) is 5.69 Å². The number of carboxylic acid groups (broad SMARTS) is 3. The number of hydrogen-bond donors (Lipinski definition) is 6. The predicted molar refractivity (Wildman–Crippen MR) is 161 cm³/mol. The molecule has 290 valence electrons. The fourth-order valence-corrected chi connectivity index (χ4v) is 3.11. The smallest absolute Gasteiger partial charge is 0.490 e. The van der Waals surface area contributed by atoms with Crippen molar-refractivity contribution in [2.45, 2.75) is 31.0 Å². The molecule has 3 aromatic rings. The first-order chi connectivity index (χ1) is 23.7. The Bertz CT molecular complexity index is 1550. The van der Waals surface area contributed by atoms with Gasteiger partial charge in [0, 0.05) is 35.0 Å². The minimum Gasteiger partial charge on any atom is -0.491 e. The summed E-state index contributed by atoms with van der Waals surface area (Å²) in [5.74, 6) is -8.92. The third-order valence-corrected chi connectivity index (χ3v) is 5.63. The third-order valence-electron chi connectivity index (χ3n) is 5.38. The van der Waals surface area contributed by atoms with Gasteiger partial charge in [0.05, 0.1) is 18.5 Å². The highest BCUT2D eigenvalue weighted by Gasteiger charge is 2.39. The molecule has 0 aliphatic rings. The van der Waals surface area contributed by atoms with E-state index in [0.717, 1.165) is 13.0 Å². The Balaban J connectivity index is 0.00000101. The van der Waals surface area contributed by atoms with E-state index in [2.05, 4.69) is 15.5 Å². The number of carbonyl (C=O) groups excluding carboxylic acids is 1. The number of benzene rings is 2. The van der Waals surface area contributed by atoms with Crippen LogP contribution in [0.5, 0.6) is 5.75 Å². The normalized spacial score (nSPS) is 11.8. The second kappa shape index (κ2) is 20.6. The van der Waals surface area contributed by atoms with Crippen molar-refractivity contribution in [2.24, 2.45) is 5.73 Å². The van der Waals surface area contributed by atoms with Crippen LogP contribution in [0.1, 0.15) is 18.0 Å². The molecule has 1 aromatic heterocycles. The summed E-state index contributed by atoms with van der Waals surface area (Å²) in [6.07, 6.45) is -11.4. The fraction of sp³-hybridized carbons (Fsp3) is 0.321. The minimum absolute atomic E-state index is 0.212. The number of nitrogens with two attached hydrogens (primary N) is 1. The van der Waals surface area contributed by atoms with Crippen LogP contribution in [-0.2, 0) is 19.2 Å². The molecule has 13 nitrogen and oxygen atoms in total. The standard InChI is InChI=1S/C22H25ClFN5O2.3C2HF3O2/c1-29(2)8-3-9-31-20-10-17(15-12-26-27-13-15)18(24)11-19(20)28-22(30)21(25)14-4-6-16(23)7-5-14;3*3-2(4,5)1(6)7/h4-7,10-13,21H,3,8-9,25H2,1-2H3,(H,26,27)(H,28,30);3*(H,6,7). The van der Waals surface area contributed by atoms with Gasteiger partial charge in [0.15, 0.2) is 0 Å². The van der Waals surface area contributed by atoms with Gasteiger partial charge in [0.25, 0.3) is 0 Å². The van der Waals surface area contributed by atoms with Crippen LogP contribution in [0.4, 0.5) is 49.6 Å². The van der Waals surface area contributed by atoms with Gasteiger partial charge in [-0.1, -0.05) is 23.7 Å². The van der Waals surface area contributed by atoms with Gasteiger partial charge >= 0.3 is 36.4 Å². The number of hydrogen-bond acceptors (Lipinski definition) is 8. The van der Waals surface area contributed by atoms with Crippen molar-refractivity contribution >= 4 is 41.1 Å². The molecule has 2 aromatic carbocycles. The van der Waals surface area contributed by atoms with Crippen molar-refractivity contribution in [1.29, 1.82) is 0 Å². The largest absolute Gasteiger partial charge is 0.491 e. The summed E-state index contributed by atoms with van der Waals surface area (Å²) in [5.41, 5.74) is 7.77. The van der Waals surface area contributed by atoms with Gasteiger partial charge in [0.1, 0.15) is 17.6 Å². The van der Waals surface area contributed by atoms with Gasteiger partial charge in [0.2, 0.25) is 5.91 Å². The fourth-order valence-electron chi connectivity index (χ4n) is 2.98. The van der Waals surface area contributed by atoms with Crippen molar-refractivity contribution in [3.05, 3.63) is 65.2 Å². The van der Waals surface area contributed by atoms with E-state index in [4.69, 9.17) is 51.8 Å². The SMILES string of the molecule is CN(C)CCCOc1cc(-c2cn[nH]c2)c(F)cc1NC(=O)C(N)c1ccc(Cl)cc1.O=C(O)C(F)(F)F.O=C(O)C(F)(F)F.O=C(O)C(F)(F)F. The van der Waals surface area contributed by atoms with Crippen LogP contribution in [0.3, 0.4) is 0 Å². The lowest BCUT2D eigenvalue weighted by Crippen LogP contribution is -2.28. The average Bonchev–Trinajstić information content (AvgIpc) is 3.54. The highest BCUT2D eigenvalue weighted by Crippen LogP contribution is 2.34. The molecule has 1 heterocycles. The number of aromatic amines is 1. The number of aromatic nitrogens is 2. The Morgan fingerprint density at radius 1 is 0.904 bits per heavy atom. The number of anilines is 1. The second-order valence-corrected chi connectivity index (χ2v) is 10.2. The van der Waals surface area contributed by atoms with E-state index in [1.807, 2.05) is 19.0 Å². The molecule has 7 N–H and O–H groups in total. The average molecular weight is 788 g/mol. The zero-order valence-electron chi connectivity index (χ0n) is 26.3. The van der Waals surface area contributed by atoms with Crippen molar-refractivity contribution in [2.75, 3.05) is 32.6 Å². The van der Waals surface area contributed by atoms with E-state index in [0.29, 0.717) is 34.1 Å². The van der Waals surface area contributed by atoms with Crippen LogP contribution >= 0.6 is 11.6 Å². The highest BCUT2D eigenvalue weighted by molar-refractivity contribution is 6.30. The number of carbonyl (C=O) groups is 4. The zero-order chi connectivity index (χ0) is 40.6. The van der Waals surface area contributed by atoms with Crippen LogP contribution in [0, 0.1) is 5.82 Å². The molecule has 0 spiro atoms. The molecular weight excluding hydrogens is 760 g/mol. The maximum Gasteiger partial charge on any atom is 0.490 e. The van der Waals surface area contributed by atoms with E-state index >= 15 is 0 Å². The molecule has 24 heteroatoms. The van der Waals surface area contributed by atoms with Gasteiger partial charge in [-0.25, -0.2) is 18.8 Å². The number of carboxylic acids is 3. The summed E-state index contributed by atoms with van der Waals surface area (Å²) in [5, 5.41) is 31.1. The third kappa shape index (κ3) is 18.2. The lowest BCUT2D eigenvalue weighted by molar-refractivity contribution is -0.193. The Morgan fingerprint density at radius 3 is 1.75 bits per heavy atom. The summed E-state index contributed by atoms with van der Waals surface area (Å²) >= 11 is 5.89. The molecule has 0 radical (unpaired) electrons. The maximum atomic E-state index is 14.8. The van der Waals surface area contributed by atoms with E-state index in [1.165, 1.54) is 12.3 Å². The highest BCUT2D eigenvalue weighted by atomic mass is 35.5. The first-order valence-corrected chi connectivity index (χ1v) is 13.9. The predicted octanol–water partition coefficient (Wildman–Crippen LogP) is 5.74. The minimum atomic E-state index is -5.08. The Morgan fingerprint density at radius 2 is 1.37 bits per heavy atom. The summed E-state index contributed by atoms with van der Waals surface area (Å²) in [4.78, 5) is 41.5. The second-order valence-electron chi connectivity index (χ2n) is 9.75. The molecule has 0 saturated heterocycles. The number of rotatable bonds is 9. The Kier molecular flexibility index (Phi) is 18.6. The number of amides is 1.